The number of benzene rings is 3. The zero-order valence-corrected chi connectivity index (χ0v) is 21.9. The molecule has 1 heterocycles. The van der Waals surface area contributed by atoms with E-state index >= 15 is 0 Å². The van der Waals surface area contributed by atoms with Crippen LogP contribution < -0.4 is 15.6 Å². The minimum absolute atomic E-state index is 0.0129. The fraction of sp³-hybridized carbons (Fsp3) is 0.107. The van der Waals surface area contributed by atoms with Crippen LogP contribution in [-0.4, -0.2) is 35.6 Å². The number of aromatic nitrogens is 1. The number of thiazole rings is 1. The highest BCUT2D eigenvalue weighted by Crippen LogP contribution is 2.28. The van der Waals surface area contributed by atoms with E-state index in [0.717, 1.165) is 21.8 Å². The van der Waals surface area contributed by atoms with Crippen molar-refractivity contribution in [3.05, 3.63) is 117 Å². The van der Waals surface area contributed by atoms with Crippen molar-refractivity contribution in [2.45, 2.75) is 6.92 Å². The van der Waals surface area contributed by atoms with Gasteiger partial charge in [0, 0.05) is 43.2 Å². The number of carbonyl (C=O) groups is 1. The number of hydrazone groups is 1. The van der Waals surface area contributed by atoms with Crippen LogP contribution in [0.3, 0.4) is 0 Å². The summed E-state index contributed by atoms with van der Waals surface area (Å²) < 4.78 is 0. The van der Waals surface area contributed by atoms with Crippen LogP contribution >= 0.6 is 11.3 Å². The maximum Gasteiger partial charge on any atom is 0.271 e. The molecule has 0 radical (unpaired) electrons. The van der Waals surface area contributed by atoms with Crippen LogP contribution in [0.4, 0.5) is 22.2 Å². The molecular formula is C28H26N6O3S. The smallest absolute Gasteiger partial charge is 0.271 e. The van der Waals surface area contributed by atoms with Crippen molar-refractivity contribution < 1.29 is 9.72 Å². The molecule has 10 heteroatoms. The van der Waals surface area contributed by atoms with Crippen LogP contribution in [0, 0.1) is 17.0 Å². The lowest BCUT2D eigenvalue weighted by atomic mass is 10.1. The summed E-state index contributed by atoms with van der Waals surface area (Å²) in [7, 11) is 3.97. The van der Waals surface area contributed by atoms with E-state index in [9.17, 15) is 14.9 Å². The van der Waals surface area contributed by atoms with E-state index in [1.807, 2.05) is 68.4 Å². The summed E-state index contributed by atoms with van der Waals surface area (Å²) in [5, 5.41) is 19.1. The van der Waals surface area contributed by atoms with Gasteiger partial charge in [-0.1, -0.05) is 47.7 Å². The molecule has 0 saturated carbocycles. The number of carbonyl (C=O) groups excluding carboxylic acids is 1. The second-order valence-corrected chi connectivity index (χ2v) is 9.48. The molecule has 0 bridgehead atoms. The number of amides is 1. The molecule has 0 unspecified atom stereocenters. The molecular weight excluding hydrogens is 500 g/mol. The Morgan fingerprint density at radius 2 is 1.71 bits per heavy atom. The molecule has 4 rings (SSSR count). The van der Waals surface area contributed by atoms with E-state index in [1.54, 1.807) is 36.4 Å². The van der Waals surface area contributed by atoms with E-state index in [1.165, 1.54) is 23.5 Å². The topological polar surface area (TPSA) is 113 Å². The molecule has 0 aliphatic rings. The maximum atomic E-state index is 12.6. The van der Waals surface area contributed by atoms with E-state index in [2.05, 4.69) is 20.8 Å². The van der Waals surface area contributed by atoms with Gasteiger partial charge in [0.2, 0.25) is 0 Å². The number of nitrogens with zero attached hydrogens (tertiary/aromatic N) is 4. The number of nitro groups is 1. The normalized spacial score (nSPS) is 11.4. The van der Waals surface area contributed by atoms with Crippen molar-refractivity contribution >= 4 is 51.2 Å². The van der Waals surface area contributed by atoms with Crippen LogP contribution in [0.1, 0.15) is 26.5 Å². The summed E-state index contributed by atoms with van der Waals surface area (Å²) >= 11 is 1.37. The van der Waals surface area contributed by atoms with Gasteiger partial charge in [0.15, 0.2) is 5.13 Å². The first kappa shape index (κ1) is 26.2. The Kier molecular flexibility index (Phi) is 8.24. The summed E-state index contributed by atoms with van der Waals surface area (Å²) in [5.41, 5.74) is 7.16. The van der Waals surface area contributed by atoms with Gasteiger partial charge >= 0.3 is 0 Å². The molecule has 0 spiro atoms. The van der Waals surface area contributed by atoms with Gasteiger partial charge in [-0.3, -0.25) is 14.9 Å². The van der Waals surface area contributed by atoms with E-state index in [-0.39, 0.29) is 11.6 Å². The number of rotatable bonds is 9. The molecule has 3 aromatic carbocycles. The first-order valence-corrected chi connectivity index (χ1v) is 12.5. The first-order valence-electron chi connectivity index (χ1n) is 11.7. The molecule has 0 aliphatic carbocycles. The molecule has 9 nitrogen and oxygen atoms in total. The Labute approximate surface area is 224 Å². The highest BCUT2D eigenvalue weighted by Gasteiger charge is 2.14. The quantitative estimate of drug-likeness (QED) is 0.157. The number of non-ortho nitro benzene ring substituents is 1. The van der Waals surface area contributed by atoms with Gasteiger partial charge in [0.25, 0.3) is 11.6 Å². The van der Waals surface area contributed by atoms with Crippen LogP contribution in [0.5, 0.6) is 0 Å². The average molecular weight is 527 g/mol. The van der Waals surface area contributed by atoms with Gasteiger partial charge in [0.05, 0.1) is 15.5 Å². The van der Waals surface area contributed by atoms with E-state index in [4.69, 9.17) is 0 Å². The zero-order chi connectivity index (χ0) is 27.1. The molecule has 4 aromatic rings. The van der Waals surface area contributed by atoms with Gasteiger partial charge in [-0.05, 0) is 55.0 Å². The highest BCUT2D eigenvalue weighted by atomic mass is 32.1. The van der Waals surface area contributed by atoms with Gasteiger partial charge in [-0.25, -0.2) is 10.4 Å². The third-order valence-electron chi connectivity index (χ3n) is 5.52. The maximum absolute atomic E-state index is 12.6. The monoisotopic (exact) mass is 526 g/mol. The number of hydrogen-bond donors (Lipinski definition) is 2. The summed E-state index contributed by atoms with van der Waals surface area (Å²) in [4.78, 5) is 30.5. The third-order valence-corrected chi connectivity index (χ3v) is 6.61. The van der Waals surface area contributed by atoms with E-state index in [0.29, 0.717) is 22.1 Å². The number of hydrogen-bond acceptors (Lipinski definition) is 8. The van der Waals surface area contributed by atoms with Crippen molar-refractivity contribution in [3.8, 4) is 0 Å². The molecule has 192 valence electrons. The van der Waals surface area contributed by atoms with Crippen LogP contribution in [0.15, 0.2) is 90.0 Å². The molecule has 1 amide bonds. The zero-order valence-electron chi connectivity index (χ0n) is 21.1. The van der Waals surface area contributed by atoms with Crippen LogP contribution in [-0.2, 0) is 0 Å². The Morgan fingerprint density at radius 1 is 1.03 bits per heavy atom. The largest absolute Gasteiger partial charge is 0.378 e. The summed E-state index contributed by atoms with van der Waals surface area (Å²) in [6.07, 6.45) is 3.77. The standard InChI is InChI=1S/C28H26N6O3S/c1-19-26(38-28(29-19)30-22-12-16-24(17-13-22)34(36)37)25(31-32-27(35)21-7-5-4-6-8-21)18-11-20-9-14-23(15-10-20)33(2)3/h4-18H,1-3H3,(H,29,30)(H,32,35)/b18-11+,31-25+. The number of allylic oxidation sites excluding steroid dienone is 1. The lowest BCUT2D eigenvalue weighted by Gasteiger charge is -2.11. The molecule has 0 fully saturated rings. The highest BCUT2D eigenvalue weighted by molar-refractivity contribution is 7.17. The Morgan fingerprint density at radius 3 is 2.34 bits per heavy atom. The SMILES string of the molecule is Cc1nc(Nc2ccc([N+](=O)[O-])cc2)sc1C(/C=C/c1ccc(N(C)C)cc1)=N/NC(=O)c1ccccc1. The van der Waals surface area contributed by atoms with Crippen LogP contribution in [0.25, 0.3) is 6.08 Å². The number of aryl methyl sites for hydroxylation is 1. The summed E-state index contributed by atoms with van der Waals surface area (Å²) in [6.45, 7) is 1.86. The minimum Gasteiger partial charge on any atom is -0.378 e. The lowest BCUT2D eigenvalue weighted by molar-refractivity contribution is -0.384. The predicted octanol–water partition coefficient (Wildman–Crippen LogP) is 6.02. The molecule has 0 aliphatic heterocycles. The van der Waals surface area contributed by atoms with Crippen molar-refractivity contribution in [1.82, 2.24) is 10.4 Å². The summed E-state index contributed by atoms with van der Waals surface area (Å²) in [5.74, 6) is -0.321. The minimum atomic E-state index is -0.442. The number of anilines is 3. The second kappa shape index (κ2) is 11.9. The molecule has 1 aromatic heterocycles. The molecule has 0 saturated heterocycles. The Hall–Kier alpha value is -4.83. The second-order valence-electron chi connectivity index (χ2n) is 8.49. The van der Waals surface area contributed by atoms with E-state index < -0.39 is 4.92 Å². The molecule has 0 atom stereocenters. The Bertz CT molecular complexity index is 1480. The van der Waals surface area contributed by atoms with Gasteiger partial charge in [-0.15, -0.1) is 0 Å². The molecule has 38 heavy (non-hydrogen) atoms. The predicted molar refractivity (Wildman–Crippen MR) is 153 cm³/mol. The lowest BCUT2D eigenvalue weighted by Crippen LogP contribution is -2.19. The fourth-order valence-electron chi connectivity index (χ4n) is 3.47. The van der Waals surface area contributed by atoms with Crippen molar-refractivity contribution in [1.29, 1.82) is 0 Å². The summed E-state index contributed by atoms with van der Waals surface area (Å²) in [6, 6.07) is 23.0. The van der Waals surface area contributed by atoms with Gasteiger partial charge in [0.1, 0.15) is 5.71 Å². The van der Waals surface area contributed by atoms with Gasteiger partial charge in [-0.2, -0.15) is 5.10 Å². The third kappa shape index (κ3) is 6.68. The average Bonchev–Trinajstić information content (AvgIpc) is 3.29. The van der Waals surface area contributed by atoms with Crippen molar-refractivity contribution in [2.24, 2.45) is 5.10 Å². The first-order chi connectivity index (χ1) is 18.3. The van der Waals surface area contributed by atoms with Crippen molar-refractivity contribution in [2.75, 3.05) is 24.3 Å². The van der Waals surface area contributed by atoms with Crippen molar-refractivity contribution in [3.63, 3.8) is 0 Å². The number of nitrogens with one attached hydrogen (secondary N) is 2. The van der Waals surface area contributed by atoms with Crippen LogP contribution in [0.2, 0.25) is 0 Å². The number of nitro benzene ring substituents is 1. The Balaban J connectivity index is 1.61. The van der Waals surface area contributed by atoms with Gasteiger partial charge < -0.3 is 10.2 Å². The fourth-order valence-corrected chi connectivity index (χ4v) is 4.42. The molecule has 2 N–H and O–H groups in total.